The van der Waals surface area contributed by atoms with Crippen LogP contribution in [0.5, 0.6) is 0 Å². The minimum Gasteiger partial charge on any atom is -0.376 e. The molecule has 1 aliphatic carbocycles. The van der Waals surface area contributed by atoms with E-state index in [4.69, 9.17) is 4.74 Å². The second-order valence-electron chi connectivity index (χ2n) is 4.85. The van der Waals surface area contributed by atoms with Crippen LogP contribution in [0.4, 0.5) is 5.82 Å². The maximum absolute atomic E-state index is 5.81. The van der Waals surface area contributed by atoms with Crippen molar-refractivity contribution in [3.05, 3.63) is 17.6 Å². The van der Waals surface area contributed by atoms with Crippen molar-refractivity contribution in [2.24, 2.45) is 0 Å². The highest BCUT2D eigenvalue weighted by molar-refractivity contribution is 5.35. The molecule has 0 amide bonds. The first kappa shape index (κ1) is 13.3. The number of anilines is 1. The second-order valence-corrected chi connectivity index (χ2v) is 4.85. The lowest BCUT2D eigenvalue weighted by molar-refractivity contribution is 0.0658. The van der Waals surface area contributed by atoms with Crippen LogP contribution in [-0.2, 0) is 11.2 Å². The zero-order valence-corrected chi connectivity index (χ0v) is 11.4. The molecule has 100 valence electrons. The van der Waals surface area contributed by atoms with E-state index in [1.165, 1.54) is 25.7 Å². The van der Waals surface area contributed by atoms with Gasteiger partial charge in [0.25, 0.3) is 0 Å². The number of nitrogens with one attached hydrogen (secondary N) is 1. The van der Waals surface area contributed by atoms with Gasteiger partial charge in [0.2, 0.25) is 0 Å². The number of ether oxygens (including phenoxy) is 1. The summed E-state index contributed by atoms with van der Waals surface area (Å²) < 4.78 is 5.81. The fourth-order valence-electron chi connectivity index (χ4n) is 2.36. The summed E-state index contributed by atoms with van der Waals surface area (Å²) in [6.07, 6.45) is 6.53. The highest BCUT2D eigenvalue weighted by Crippen LogP contribution is 2.20. The molecule has 18 heavy (non-hydrogen) atoms. The zero-order chi connectivity index (χ0) is 12.8. The monoisotopic (exact) mass is 249 g/mol. The first-order valence-electron chi connectivity index (χ1n) is 6.98. The third-order valence-corrected chi connectivity index (χ3v) is 3.32. The molecule has 1 saturated carbocycles. The second kappa shape index (κ2) is 6.69. The Morgan fingerprint density at radius 3 is 2.83 bits per heavy atom. The summed E-state index contributed by atoms with van der Waals surface area (Å²) in [6, 6.07) is 2.02. The molecular formula is C14H23N3O. The molecule has 4 heteroatoms. The van der Waals surface area contributed by atoms with Crippen LogP contribution in [-0.4, -0.2) is 29.2 Å². The number of hydrogen-bond acceptors (Lipinski definition) is 4. The van der Waals surface area contributed by atoms with Gasteiger partial charge in [-0.15, -0.1) is 0 Å². The molecule has 0 radical (unpaired) electrons. The van der Waals surface area contributed by atoms with Crippen LogP contribution in [0.1, 0.15) is 44.1 Å². The van der Waals surface area contributed by atoms with E-state index in [-0.39, 0.29) is 0 Å². The van der Waals surface area contributed by atoms with Crippen molar-refractivity contribution in [3.63, 3.8) is 0 Å². The summed E-state index contributed by atoms with van der Waals surface area (Å²) in [4.78, 5) is 8.73. The summed E-state index contributed by atoms with van der Waals surface area (Å²) in [5.41, 5.74) is 1.08. The van der Waals surface area contributed by atoms with Gasteiger partial charge in [-0.3, -0.25) is 0 Å². The van der Waals surface area contributed by atoms with Crippen LogP contribution in [0, 0.1) is 6.92 Å². The SMILES string of the molecule is CCc1cc(NCCOC2CCCC2)nc(C)n1. The number of nitrogens with zero attached hydrogens (tertiary/aromatic N) is 2. The maximum atomic E-state index is 5.81. The standard InChI is InChI=1S/C14H23N3O/c1-3-12-10-14(17-11(2)16-12)15-8-9-18-13-6-4-5-7-13/h10,13H,3-9H2,1-2H3,(H,15,16,17). The molecule has 2 rings (SSSR count). The molecule has 0 unspecified atom stereocenters. The predicted molar refractivity (Wildman–Crippen MR) is 72.8 cm³/mol. The predicted octanol–water partition coefficient (Wildman–Crippen LogP) is 2.72. The van der Waals surface area contributed by atoms with E-state index in [2.05, 4.69) is 22.2 Å². The van der Waals surface area contributed by atoms with E-state index in [0.717, 1.165) is 36.9 Å². The quantitative estimate of drug-likeness (QED) is 0.787. The average molecular weight is 249 g/mol. The summed E-state index contributed by atoms with van der Waals surface area (Å²) in [5, 5.41) is 3.31. The molecule has 0 bridgehead atoms. The van der Waals surface area contributed by atoms with Crippen LogP contribution in [0.2, 0.25) is 0 Å². The molecule has 0 aliphatic heterocycles. The van der Waals surface area contributed by atoms with Crippen molar-refractivity contribution in [2.45, 2.75) is 52.1 Å². The van der Waals surface area contributed by atoms with E-state index < -0.39 is 0 Å². The number of aryl methyl sites for hydroxylation is 2. The Hall–Kier alpha value is -1.16. The Morgan fingerprint density at radius 1 is 1.33 bits per heavy atom. The van der Waals surface area contributed by atoms with E-state index in [1.807, 2.05) is 13.0 Å². The smallest absolute Gasteiger partial charge is 0.130 e. The van der Waals surface area contributed by atoms with E-state index >= 15 is 0 Å². The van der Waals surface area contributed by atoms with E-state index in [9.17, 15) is 0 Å². The molecule has 4 nitrogen and oxygen atoms in total. The molecule has 1 aromatic rings. The first-order valence-corrected chi connectivity index (χ1v) is 6.98. The van der Waals surface area contributed by atoms with Crippen molar-refractivity contribution in [3.8, 4) is 0 Å². The third kappa shape index (κ3) is 3.95. The number of aromatic nitrogens is 2. The lowest BCUT2D eigenvalue weighted by Gasteiger charge is -2.12. The zero-order valence-electron chi connectivity index (χ0n) is 11.4. The van der Waals surface area contributed by atoms with Crippen molar-refractivity contribution in [1.29, 1.82) is 0 Å². The molecular weight excluding hydrogens is 226 g/mol. The highest BCUT2D eigenvalue weighted by Gasteiger charge is 2.14. The normalized spacial score (nSPS) is 16.1. The van der Waals surface area contributed by atoms with Gasteiger partial charge in [0.1, 0.15) is 11.6 Å². The Balaban J connectivity index is 1.73. The molecule has 0 spiro atoms. The van der Waals surface area contributed by atoms with Gasteiger partial charge < -0.3 is 10.1 Å². The minimum absolute atomic E-state index is 0.491. The maximum Gasteiger partial charge on any atom is 0.130 e. The Bertz CT molecular complexity index is 375. The van der Waals surface area contributed by atoms with Crippen molar-refractivity contribution in [1.82, 2.24) is 9.97 Å². The van der Waals surface area contributed by atoms with Gasteiger partial charge in [0, 0.05) is 18.3 Å². The summed E-state index contributed by atoms with van der Waals surface area (Å²) >= 11 is 0. The highest BCUT2D eigenvalue weighted by atomic mass is 16.5. The van der Waals surface area contributed by atoms with Crippen LogP contribution in [0.15, 0.2) is 6.07 Å². The van der Waals surface area contributed by atoms with Gasteiger partial charge in [-0.05, 0) is 26.2 Å². The molecule has 1 heterocycles. The van der Waals surface area contributed by atoms with Crippen LogP contribution in [0.25, 0.3) is 0 Å². The molecule has 1 aliphatic rings. The van der Waals surface area contributed by atoms with Gasteiger partial charge in [0.15, 0.2) is 0 Å². The topological polar surface area (TPSA) is 47.0 Å². The van der Waals surface area contributed by atoms with Gasteiger partial charge in [-0.25, -0.2) is 9.97 Å². The van der Waals surface area contributed by atoms with Gasteiger partial charge in [-0.1, -0.05) is 19.8 Å². The molecule has 1 fully saturated rings. The molecule has 1 N–H and O–H groups in total. The van der Waals surface area contributed by atoms with Gasteiger partial charge in [0.05, 0.1) is 12.7 Å². The van der Waals surface area contributed by atoms with E-state index in [0.29, 0.717) is 6.10 Å². The van der Waals surface area contributed by atoms with Crippen LogP contribution in [0.3, 0.4) is 0 Å². The Kier molecular flexibility index (Phi) is 4.93. The fourth-order valence-corrected chi connectivity index (χ4v) is 2.36. The van der Waals surface area contributed by atoms with Crippen molar-refractivity contribution >= 4 is 5.82 Å². The molecule has 0 saturated heterocycles. The average Bonchev–Trinajstić information content (AvgIpc) is 2.87. The van der Waals surface area contributed by atoms with Gasteiger partial charge in [-0.2, -0.15) is 0 Å². The van der Waals surface area contributed by atoms with Crippen LogP contribution < -0.4 is 5.32 Å². The van der Waals surface area contributed by atoms with E-state index in [1.54, 1.807) is 0 Å². The Labute approximate surface area is 109 Å². The largest absolute Gasteiger partial charge is 0.376 e. The molecule has 0 aromatic carbocycles. The molecule has 0 atom stereocenters. The van der Waals surface area contributed by atoms with Gasteiger partial charge >= 0.3 is 0 Å². The van der Waals surface area contributed by atoms with Crippen molar-refractivity contribution in [2.75, 3.05) is 18.5 Å². The summed E-state index contributed by atoms with van der Waals surface area (Å²) in [7, 11) is 0. The van der Waals surface area contributed by atoms with Crippen molar-refractivity contribution < 1.29 is 4.74 Å². The lowest BCUT2D eigenvalue weighted by atomic mass is 10.3. The fraction of sp³-hybridized carbons (Fsp3) is 0.714. The third-order valence-electron chi connectivity index (χ3n) is 3.32. The Morgan fingerprint density at radius 2 is 2.11 bits per heavy atom. The van der Waals surface area contributed by atoms with Crippen LogP contribution >= 0.6 is 0 Å². The summed E-state index contributed by atoms with van der Waals surface area (Å²) in [5.74, 6) is 1.74. The molecule has 1 aromatic heterocycles. The number of rotatable bonds is 6. The number of hydrogen-bond donors (Lipinski definition) is 1. The summed E-state index contributed by atoms with van der Waals surface area (Å²) in [6.45, 7) is 5.61. The first-order chi connectivity index (χ1) is 8.78. The minimum atomic E-state index is 0.491. The lowest BCUT2D eigenvalue weighted by Crippen LogP contribution is -2.16.